The lowest BCUT2D eigenvalue weighted by atomic mass is 9.72. The van der Waals surface area contributed by atoms with Crippen molar-refractivity contribution >= 4 is 39.2 Å². The highest BCUT2D eigenvalue weighted by molar-refractivity contribution is 7.16. The molecular weight excluding hydrogens is 506 g/mol. The number of fused-ring (bicyclic) bond motifs is 2. The van der Waals surface area contributed by atoms with Crippen molar-refractivity contribution in [2.24, 2.45) is 11.3 Å². The Morgan fingerprint density at radius 1 is 1.32 bits per heavy atom. The second-order valence-corrected chi connectivity index (χ2v) is 12.1. The summed E-state index contributed by atoms with van der Waals surface area (Å²) in [5, 5.41) is 16.4. The minimum Gasteiger partial charge on any atom is -0.462 e. The number of thiazole rings is 1. The summed E-state index contributed by atoms with van der Waals surface area (Å²) < 4.78 is 16.3. The van der Waals surface area contributed by atoms with Crippen LogP contribution in [0.2, 0.25) is 0 Å². The Kier molecular flexibility index (Phi) is 6.97. The largest absolute Gasteiger partial charge is 0.462 e. The van der Waals surface area contributed by atoms with E-state index in [4.69, 9.17) is 14.2 Å². The third kappa shape index (κ3) is 5.09. The molecule has 37 heavy (non-hydrogen) atoms. The Bertz CT molecular complexity index is 1410. The molecule has 5 rings (SSSR count). The summed E-state index contributed by atoms with van der Waals surface area (Å²) in [4.78, 5) is 18.8. The predicted octanol–water partition coefficient (Wildman–Crippen LogP) is 6.90. The molecule has 0 bridgehead atoms. The van der Waals surface area contributed by atoms with Crippen molar-refractivity contribution in [3.8, 4) is 28.8 Å². The van der Waals surface area contributed by atoms with E-state index in [0.29, 0.717) is 40.2 Å². The molecule has 3 aromatic rings. The van der Waals surface area contributed by atoms with Gasteiger partial charge in [-0.15, -0.1) is 22.7 Å². The Morgan fingerprint density at radius 2 is 2.14 bits per heavy atom. The van der Waals surface area contributed by atoms with Crippen molar-refractivity contribution < 1.29 is 19.0 Å². The first kappa shape index (κ1) is 25.3. The number of thiophene rings is 1. The van der Waals surface area contributed by atoms with Crippen molar-refractivity contribution in [3.05, 3.63) is 50.8 Å². The molecule has 1 atom stereocenters. The molecule has 9 heteroatoms. The second kappa shape index (κ2) is 10.2. The maximum Gasteiger partial charge on any atom is 0.341 e. The summed E-state index contributed by atoms with van der Waals surface area (Å²) in [5.74, 6) is 1.64. The number of benzene rings is 1. The maximum absolute atomic E-state index is 12.9. The summed E-state index contributed by atoms with van der Waals surface area (Å²) in [6.45, 7) is 9.16. The van der Waals surface area contributed by atoms with Crippen LogP contribution in [0.3, 0.4) is 0 Å². The molecule has 192 valence electrons. The number of carbonyl (C=O) groups excluding carboxylic acids is 1. The fourth-order valence-electron chi connectivity index (χ4n) is 4.71. The zero-order valence-electron chi connectivity index (χ0n) is 21.3. The lowest BCUT2D eigenvalue weighted by Gasteiger charge is -2.33. The molecule has 0 spiro atoms. The number of ether oxygens (including phenoxy) is 3. The van der Waals surface area contributed by atoms with Crippen LogP contribution < -0.4 is 14.8 Å². The minimum atomic E-state index is -0.317. The van der Waals surface area contributed by atoms with E-state index < -0.39 is 0 Å². The molecular formula is C28H29N3O4S2. The fraction of sp³-hybridized carbons (Fsp3) is 0.393. The van der Waals surface area contributed by atoms with Crippen LogP contribution in [-0.4, -0.2) is 24.4 Å². The smallest absolute Gasteiger partial charge is 0.341 e. The van der Waals surface area contributed by atoms with Crippen LogP contribution in [-0.2, 0) is 17.6 Å². The molecule has 0 fully saturated rings. The van der Waals surface area contributed by atoms with Gasteiger partial charge in [0.25, 0.3) is 0 Å². The van der Waals surface area contributed by atoms with Gasteiger partial charge < -0.3 is 19.5 Å². The predicted molar refractivity (Wildman–Crippen MR) is 146 cm³/mol. The van der Waals surface area contributed by atoms with Gasteiger partial charge >= 0.3 is 5.97 Å². The lowest BCUT2D eigenvalue weighted by Crippen LogP contribution is -2.26. The molecule has 0 saturated heterocycles. The van der Waals surface area contributed by atoms with Crippen molar-refractivity contribution in [2.45, 2.75) is 47.0 Å². The average molecular weight is 536 g/mol. The van der Waals surface area contributed by atoms with Crippen LogP contribution in [0.1, 0.15) is 59.9 Å². The van der Waals surface area contributed by atoms with E-state index in [1.165, 1.54) is 16.2 Å². The minimum absolute atomic E-state index is 0.202. The summed E-state index contributed by atoms with van der Waals surface area (Å²) in [5.41, 5.74) is 3.92. The van der Waals surface area contributed by atoms with Gasteiger partial charge in [0, 0.05) is 22.0 Å². The van der Waals surface area contributed by atoms with E-state index in [9.17, 15) is 10.1 Å². The first-order valence-electron chi connectivity index (χ1n) is 12.3. The van der Waals surface area contributed by atoms with Gasteiger partial charge in [-0.3, -0.25) is 0 Å². The van der Waals surface area contributed by atoms with Crippen LogP contribution >= 0.6 is 22.7 Å². The first-order valence-corrected chi connectivity index (χ1v) is 14.0. The van der Waals surface area contributed by atoms with E-state index >= 15 is 0 Å². The SMILES string of the molecule is CCOC(=O)c1c(N/C=C(\C#N)c2nc(-c3ccc4c(c3)OCO4)cs2)sc2c1CC[C@H](C(C)(C)C)C2. The molecule has 0 saturated carbocycles. The molecule has 1 N–H and O–H groups in total. The summed E-state index contributed by atoms with van der Waals surface area (Å²) in [6.07, 6.45) is 4.48. The molecule has 0 radical (unpaired) electrons. The van der Waals surface area contributed by atoms with Crippen LogP contribution in [0.25, 0.3) is 16.8 Å². The van der Waals surface area contributed by atoms with Gasteiger partial charge in [0.1, 0.15) is 21.7 Å². The first-order chi connectivity index (χ1) is 17.8. The summed E-state index contributed by atoms with van der Waals surface area (Å²) in [7, 11) is 0. The van der Waals surface area contributed by atoms with E-state index in [1.807, 2.05) is 30.5 Å². The number of anilines is 1. The van der Waals surface area contributed by atoms with Crippen molar-refractivity contribution in [3.63, 3.8) is 0 Å². The Labute approximate surface area is 224 Å². The standard InChI is InChI=1S/C28H29N3O4S2/c1-5-33-27(32)24-19-8-7-18(28(2,3)4)11-23(19)37-26(24)30-13-17(12-29)25-31-20(14-36-25)16-6-9-21-22(10-16)35-15-34-21/h6,9-10,13-14,18,30H,5,7-8,11,15H2,1-4H3/b17-13+/t18-/m0/s1. The van der Waals surface area contributed by atoms with Gasteiger partial charge in [0.2, 0.25) is 6.79 Å². The van der Waals surface area contributed by atoms with E-state index in [2.05, 4.69) is 37.1 Å². The van der Waals surface area contributed by atoms with Crippen molar-refractivity contribution in [2.75, 3.05) is 18.7 Å². The molecule has 2 aliphatic rings. The van der Waals surface area contributed by atoms with Gasteiger partial charge in [0.05, 0.1) is 17.9 Å². The zero-order chi connectivity index (χ0) is 26.2. The quantitative estimate of drug-likeness (QED) is 0.271. The number of aromatic nitrogens is 1. The van der Waals surface area contributed by atoms with Gasteiger partial charge in [-0.1, -0.05) is 20.8 Å². The number of nitriles is 1. The highest BCUT2D eigenvalue weighted by Crippen LogP contribution is 2.45. The Morgan fingerprint density at radius 3 is 2.89 bits per heavy atom. The number of esters is 1. The van der Waals surface area contributed by atoms with E-state index in [0.717, 1.165) is 41.1 Å². The molecule has 0 unspecified atom stereocenters. The van der Waals surface area contributed by atoms with Crippen molar-refractivity contribution in [1.82, 2.24) is 4.98 Å². The zero-order valence-corrected chi connectivity index (χ0v) is 23.0. The third-order valence-electron chi connectivity index (χ3n) is 6.84. The van der Waals surface area contributed by atoms with Gasteiger partial charge in [-0.25, -0.2) is 9.78 Å². The topological polar surface area (TPSA) is 93.5 Å². The normalized spacial score (nSPS) is 16.7. The highest BCUT2D eigenvalue weighted by Gasteiger charge is 2.34. The molecule has 1 aliphatic heterocycles. The molecule has 0 amide bonds. The van der Waals surface area contributed by atoms with Crippen LogP contribution in [0, 0.1) is 22.7 Å². The molecule has 2 aromatic heterocycles. The highest BCUT2D eigenvalue weighted by atomic mass is 32.1. The van der Waals surface area contributed by atoms with Crippen LogP contribution in [0.5, 0.6) is 11.5 Å². The molecule has 1 aromatic carbocycles. The maximum atomic E-state index is 12.9. The van der Waals surface area contributed by atoms with Gasteiger partial charge in [-0.2, -0.15) is 5.26 Å². The molecule has 3 heterocycles. The lowest BCUT2D eigenvalue weighted by molar-refractivity contribution is 0.0526. The Balaban J connectivity index is 1.42. The van der Waals surface area contributed by atoms with Gasteiger partial charge in [0.15, 0.2) is 11.5 Å². The summed E-state index contributed by atoms with van der Waals surface area (Å²) in [6, 6.07) is 7.92. The number of hydrogen-bond acceptors (Lipinski definition) is 9. The average Bonchev–Trinajstić information content (AvgIpc) is 3.61. The molecule has 1 aliphatic carbocycles. The van der Waals surface area contributed by atoms with E-state index in [-0.39, 0.29) is 18.2 Å². The Hall–Kier alpha value is -3.35. The molecule has 7 nitrogen and oxygen atoms in total. The monoisotopic (exact) mass is 535 g/mol. The number of carbonyl (C=O) groups is 1. The number of nitrogens with zero attached hydrogens (tertiary/aromatic N) is 2. The number of nitrogens with one attached hydrogen (secondary N) is 1. The third-order valence-corrected chi connectivity index (χ3v) is 8.90. The fourth-order valence-corrected chi connectivity index (χ4v) is 6.79. The summed E-state index contributed by atoms with van der Waals surface area (Å²) >= 11 is 2.98. The van der Waals surface area contributed by atoms with Crippen LogP contribution in [0.15, 0.2) is 29.8 Å². The van der Waals surface area contributed by atoms with Crippen molar-refractivity contribution in [1.29, 1.82) is 5.26 Å². The van der Waals surface area contributed by atoms with Crippen LogP contribution in [0.4, 0.5) is 5.00 Å². The second-order valence-electron chi connectivity index (χ2n) is 10.2. The van der Waals surface area contributed by atoms with Gasteiger partial charge in [-0.05, 0) is 61.3 Å². The number of hydrogen-bond donors (Lipinski definition) is 1. The number of allylic oxidation sites excluding steroid dienone is 1. The number of rotatable bonds is 6. The van der Waals surface area contributed by atoms with E-state index in [1.54, 1.807) is 17.5 Å².